The molecule has 1 aromatic heterocycles. The Morgan fingerprint density at radius 1 is 0.565 bits per heavy atom. The molecule has 0 aliphatic heterocycles. The molecule has 4 aromatic carbocycles. The van der Waals surface area contributed by atoms with E-state index >= 15 is 0 Å². The average Bonchev–Trinajstić information content (AvgIpc) is 2.60. The van der Waals surface area contributed by atoms with Gasteiger partial charge in [-0.25, -0.2) is 9.97 Å². The van der Waals surface area contributed by atoms with Crippen molar-refractivity contribution < 1.29 is 0 Å². The Kier molecular flexibility index (Phi) is 2.36. The van der Waals surface area contributed by atoms with Gasteiger partial charge in [-0.3, -0.25) is 0 Å². The molecular formula is C20H13N3. The summed E-state index contributed by atoms with van der Waals surface area (Å²) in [4.78, 5) is 9.75. The van der Waals surface area contributed by atoms with Gasteiger partial charge in [-0.15, -0.1) is 0 Å². The van der Waals surface area contributed by atoms with Crippen LogP contribution in [-0.4, -0.2) is 9.97 Å². The monoisotopic (exact) mass is 295 g/mol. The maximum atomic E-state index is 5.90. The van der Waals surface area contributed by atoms with Crippen molar-refractivity contribution in [1.82, 2.24) is 9.97 Å². The van der Waals surface area contributed by atoms with Crippen LogP contribution >= 0.6 is 0 Å². The summed E-state index contributed by atoms with van der Waals surface area (Å²) < 4.78 is 0. The van der Waals surface area contributed by atoms with E-state index < -0.39 is 0 Å². The SMILES string of the molecule is Nc1ccc2nc3c4ccccc4c4ccccc4c3nc2c1. The van der Waals surface area contributed by atoms with Gasteiger partial charge in [0.15, 0.2) is 0 Å². The molecule has 3 nitrogen and oxygen atoms in total. The maximum absolute atomic E-state index is 5.90. The topological polar surface area (TPSA) is 51.8 Å². The lowest BCUT2D eigenvalue weighted by Crippen LogP contribution is -1.92. The number of hydrogen-bond donors (Lipinski definition) is 1. The molecule has 1 heterocycles. The molecule has 5 rings (SSSR count). The van der Waals surface area contributed by atoms with E-state index in [2.05, 4.69) is 36.4 Å². The van der Waals surface area contributed by atoms with E-state index in [4.69, 9.17) is 15.7 Å². The van der Waals surface area contributed by atoms with E-state index in [-0.39, 0.29) is 0 Å². The first-order valence-corrected chi connectivity index (χ1v) is 7.58. The Balaban J connectivity index is 2.14. The molecule has 0 saturated heterocycles. The van der Waals surface area contributed by atoms with Gasteiger partial charge in [0.2, 0.25) is 0 Å². The first-order valence-electron chi connectivity index (χ1n) is 7.58. The highest BCUT2D eigenvalue weighted by Gasteiger charge is 2.11. The largest absolute Gasteiger partial charge is 0.399 e. The van der Waals surface area contributed by atoms with Crippen molar-refractivity contribution in [2.24, 2.45) is 0 Å². The van der Waals surface area contributed by atoms with Crippen LogP contribution in [0.3, 0.4) is 0 Å². The second-order valence-electron chi connectivity index (χ2n) is 5.76. The Morgan fingerprint density at radius 2 is 1.09 bits per heavy atom. The van der Waals surface area contributed by atoms with Gasteiger partial charge in [0, 0.05) is 16.5 Å². The van der Waals surface area contributed by atoms with E-state index in [9.17, 15) is 0 Å². The van der Waals surface area contributed by atoms with E-state index in [0.717, 1.165) is 32.8 Å². The van der Waals surface area contributed by atoms with Crippen LogP contribution < -0.4 is 5.73 Å². The van der Waals surface area contributed by atoms with Gasteiger partial charge in [0.1, 0.15) is 0 Å². The molecule has 0 atom stereocenters. The number of nitrogens with two attached hydrogens (primary N) is 1. The number of hydrogen-bond acceptors (Lipinski definition) is 3. The third-order valence-corrected chi connectivity index (χ3v) is 4.34. The van der Waals surface area contributed by atoms with Crippen molar-refractivity contribution in [3.05, 3.63) is 66.7 Å². The molecule has 0 amide bonds. The fourth-order valence-electron chi connectivity index (χ4n) is 3.30. The van der Waals surface area contributed by atoms with Crippen molar-refractivity contribution in [3.8, 4) is 0 Å². The van der Waals surface area contributed by atoms with Gasteiger partial charge in [-0.05, 0) is 29.0 Å². The molecule has 0 bridgehead atoms. The summed E-state index contributed by atoms with van der Waals surface area (Å²) in [5.74, 6) is 0. The molecule has 0 aliphatic rings. The average molecular weight is 295 g/mol. The highest BCUT2D eigenvalue weighted by atomic mass is 14.8. The predicted molar refractivity (Wildman–Crippen MR) is 96.5 cm³/mol. The molecule has 0 radical (unpaired) electrons. The number of benzene rings is 4. The molecule has 0 saturated carbocycles. The van der Waals surface area contributed by atoms with Gasteiger partial charge in [0.25, 0.3) is 0 Å². The van der Waals surface area contributed by atoms with E-state index in [1.807, 2.05) is 30.3 Å². The third-order valence-electron chi connectivity index (χ3n) is 4.34. The molecule has 0 aliphatic carbocycles. The van der Waals surface area contributed by atoms with Crippen molar-refractivity contribution >= 4 is 49.3 Å². The highest BCUT2D eigenvalue weighted by molar-refractivity contribution is 6.23. The van der Waals surface area contributed by atoms with Crippen LogP contribution in [-0.2, 0) is 0 Å². The first kappa shape index (κ1) is 12.4. The van der Waals surface area contributed by atoms with Gasteiger partial charge < -0.3 is 5.73 Å². The number of anilines is 1. The van der Waals surface area contributed by atoms with Crippen LogP contribution in [0.15, 0.2) is 66.7 Å². The number of aromatic nitrogens is 2. The number of fused-ring (bicyclic) bond motifs is 7. The van der Waals surface area contributed by atoms with E-state index in [0.29, 0.717) is 5.69 Å². The van der Waals surface area contributed by atoms with Crippen molar-refractivity contribution in [2.45, 2.75) is 0 Å². The molecule has 0 unspecified atom stereocenters. The summed E-state index contributed by atoms with van der Waals surface area (Å²) >= 11 is 0. The smallest absolute Gasteiger partial charge is 0.0979 e. The summed E-state index contributed by atoms with van der Waals surface area (Å²) in [6.45, 7) is 0. The Labute approximate surface area is 132 Å². The molecule has 5 aromatic rings. The zero-order valence-corrected chi connectivity index (χ0v) is 12.3. The lowest BCUT2D eigenvalue weighted by Gasteiger charge is -2.10. The minimum atomic E-state index is 0.705. The minimum absolute atomic E-state index is 0.705. The van der Waals surface area contributed by atoms with Crippen LogP contribution in [0.1, 0.15) is 0 Å². The predicted octanol–water partition coefficient (Wildman–Crippen LogP) is 4.67. The molecule has 2 N–H and O–H groups in total. The Morgan fingerprint density at radius 3 is 1.70 bits per heavy atom. The van der Waals surface area contributed by atoms with E-state index in [1.165, 1.54) is 10.8 Å². The van der Waals surface area contributed by atoms with Crippen LogP contribution in [0.4, 0.5) is 5.69 Å². The minimum Gasteiger partial charge on any atom is -0.399 e. The fourth-order valence-corrected chi connectivity index (χ4v) is 3.30. The summed E-state index contributed by atoms with van der Waals surface area (Å²) in [6, 6.07) is 22.4. The number of nitrogens with zero attached hydrogens (tertiary/aromatic N) is 2. The maximum Gasteiger partial charge on any atom is 0.0979 e. The molecule has 0 spiro atoms. The van der Waals surface area contributed by atoms with Gasteiger partial charge >= 0.3 is 0 Å². The molecule has 23 heavy (non-hydrogen) atoms. The van der Waals surface area contributed by atoms with Gasteiger partial charge in [0.05, 0.1) is 22.1 Å². The van der Waals surface area contributed by atoms with E-state index in [1.54, 1.807) is 0 Å². The second kappa shape index (κ2) is 4.40. The summed E-state index contributed by atoms with van der Waals surface area (Å²) in [7, 11) is 0. The quantitative estimate of drug-likeness (QED) is 0.256. The molecule has 0 fully saturated rings. The number of rotatable bonds is 0. The number of nitrogen functional groups attached to an aromatic ring is 1. The normalized spacial score (nSPS) is 11.7. The first-order chi connectivity index (χ1) is 11.3. The van der Waals surface area contributed by atoms with Crippen LogP contribution in [0.25, 0.3) is 43.6 Å². The summed E-state index contributed by atoms with van der Waals surface area (Å²) in [5, 5.41) is 4.67. The molecular weight excluding hydrogens is 282 g/mol. The lowest BCUT2D eigenvalue weighted by molar-refractivity contribution is 1.42. The fraction of sp³-hybridized carbons (Fsp3) is 0. The zero-order valence-electron chi connectivity index (χ0n) is 12.3. The molecule has 3 heteroatoms. The molecule has 108 valence electrons. The van der Waals surface area contributed by atoms with Crippen LogP contribution in [0.2, 0.25) is 0 Å². The Hall–Kier alpha value is -3.20. The van der Waals surface area contributed by atoms with Crippen molar-refractivity contribution in [1.29, 1.82) is 0 Å². The zero-order chi connectivity index (χ0) is 15.4. The standard InChI is InChI=1S/C20H13N3/c21-12-9-10-17-18(11-12)23-20-16-8-4-2-6-14(16)13-5-1-3-7-15(13)19(20)22-17/h1-11H,21H2. The summed E-state index contributed by atoms with van der Waals surface area (Å²) in [5.41, 5.74) is 10.2. The summed E-state index contributed by atoms with van der Waals surface area (Å²) in [6.07, 6.45) is 0. The third kappa shape index (κ3) is 1.70. The van der Waals surface area contributed by atoms with Gasteiger partial charge in [-0.1, -0.05) is 48.5 Å². The lowest BCUT2D eigenvalue weighted by atomic mass is 9.99. The van der Waals surface area contributed by atoms with Crippen LogP contribution in [0, 0.1) is 0 Å². The Bertz CT molecular complexity index is 1230. The highest BCUT2D eigenvalue weighted by Crippen LogP contribution is 2.33. The van der Waals surface area contributed by atoms with Crippen molar-refractivity contribution in [3.63, 3.8) is 0 Å². The van der Waals surface area contributed by atoms with Crippen LogP contribution in [0.5, 0.6) is 0 Å². The van der Waals surface area contributed by atoms with Crippen molar-refractivity contribution in [2.75, 3.05) is 5.73 Å². The second-order valence-corrected chi connectivity index (χ2v) is 5.76. The van der Waals surface area contributed by atoms with Gasteiger partial charge in [-0.2, -0.15) is 0 Å².